The van der Waals surface area contributed by atoms with Crippen molar-refractivity contribution in [2.24, 2.45) is 0 Å². The molecule has 0 saturated carbocycles. The van der Waals surface area contributed by atoms with Crippen molar-refractivity contribution in [2.75, 3.05) is 13.2 Å². The third-order valence-electron chi connectivity index (χ3n) is 11.1. The number of para-hydroxylation sites is 2. The Labute approximate surface area is 407 Å². The van der Waals surface area contributed by atoms with Crippen LogP contribution in [0.1, 0.15) is 0 Å². The molecule has 384 valence electrons. The van der Waals surface area contributed by atoms with E-state index in [0.717, 1.165) is 11.5 Å². The molecule has 0 atom stereocenters. The second-order valence-electron chi connectivity index (χ2n) is 15.2. The first-order valence-electron chi connectivity index (χ1n) is 20.6. The molecule has 2 nitrogen and oxygen atoms in total. The predicted octanol–water partition coefficient (Wildman–Crippen LogP) is 9.51. The van der Waals surface area contributed by atoms with E-state index in [4.69, 9.17) is 9.47 Å². The Hall–Kier alpha value is -7.46. The number of rotatable bonds is 12. The summed E-state index contributed by atoms with van der Waals surface area (Å²) in [5.74, 6) is -69.6. The molecule has 0 saturated heterocycles. The first kappa shape index (κ1) is 54.3. The molecule has 0 bridgehead atoms. The quantitative estimate of drug-likeness (QED) is 0.0400. The Morgan fingerprint density at radius 3 is 0.824 bits per heavy atom. The minimum atomic E-state index is -7.22. The zero-order chi connectivity index (χ0) is 54.1. The van der Waals surface area contributed by atoms with Gasteiger partial charge in [0.2, 0.25) is 0 Å². The molecule has 0 radical (unpaired) electrons. The first-order valence-corrected chi connectivity index (χ1v) is 23.2. The monoisotopic (exact) mass is 1130 g/mol. The fourth-order valence-corrected chi connectivity index (χ4v) is 12.5. The Morgan fingerprint density at radius 1 is 0.270 bits per heavy atom. The van der Waals surface area contributed by atoms with Crippen LogP contribution in [0.2, 0.25) is 0 Å². The normalized spacial score (nSPS) is 11.5. The molecule has 0 aliphatic heterocycles. The van der Waals surface area contributed by atoms with E-state index in [1.807, 2.05) is 36.4 Å². The van der Waals surface area contributed by atoms with Crippen LogP contribution in [0.15, 0.2) is 115 Å². The predicted molar refractivity (Wildman–Crippen MR) is 231 cm³/mol. The SMILES string of the molecule is Fc1c(F)c(F)c([B-](c2c(F)c(F)c(F)c(F)c2F)(c2c(F)c(F)c(F)c(F)c2F)c2c(F)c(F)c(F)c(F)c2F)c(F)c1F.c1ccc(OCCOc2ccccc2[Se+](c2ccccc2)c2ccccc2)cc1. The Bertz CT molecular complexity index is 2990. The van der Waals surface area contributed by atoms with Crippen molar-refractivity contribution in [1.82, 2.24) is 0 Å². The standard InChI is InChI=1S/C26H23O2Se.C24BF20/c1-4-12-22(13-5-1)27-20-21-28-25-18-10-11-19-26(25)29(23-14-6-2-7-15-23)24-16-8-3-9-17-24;26-5-1(6(27)14(35)21(42)13(5)34)25(2-7(28)15(36)22(43)16(37)8(2)29,3-9(30)17(38)23(44)18(39)10(3)31)4-11(32)19(40)24(45)20(41)12(4)33/h1-19H,20-21H2;/q+1;-1. The summed E-state index contributed by atoms with van der Waals surface area (Å²) in [4.78, 5) is 0. The van der Waals surface area contributed by atoms with Gasteiger partial charge in [-0.05, 0) is 0 Å². The first-order chi connectivity index (χ1) is 35.1. The fraction of sp³-hybridized carbons (Fsp3) is 0.0400. The van der Waals surface area contributed by atoms with Gasteiger partial charge in [0.15, 0.2) is 69.8 Å². The number of hydrogen-bond donors (Lipinski definition) is 0. The summed E-state index contributed by atoms with van der Waals surface area (Å²) in [7, 11) is 0. The third-order valence-corrected chi connectivity index (χ3v) is 15.8. The molecule has 74 heavy (non-hydrogen) atoms. The van der Waals surface area contributed by atoms with E-state index in [-0.39, 0.29) is 0 Å². The zero-order valence-electron chi connectivity index (χ0n) is 36.2. The van der Waals surface area contributed by atoms with Crippen molar-refractivity contribution in [1.29, 1.82) is 0 Å². The van der Waals surface area contributed by atoms with Crippen LogP contribution in [0.5, 0.6) is 11.5 Å². The molecule has 8 aromatic rings. The molecule has 0 spiro atoms. The second-order valence-corrected chi connectivity index (χ2v) is 19.4. The van der Waals surface area contributed by atoms with Gasteiger partial charge in [0.1, 0.15) is 52.7 Å². The van der Waals surface area contributed by atoms with Crippen LogP contribution in [0.25, 0.3) is 0 Å². The average Bonchev–Trinajstić information content (AvgIpc) is 3.41. The van der Waals surface area contributed by atoms with Crippen LogP contribution in [0.3, 0.4) is 0 Å². The molecule has 0 aliphatic carbocycles. The Morgan fingerprint density at radius 2 is 0.514 bits per heavy atom. The summed E-state index contributed by atoms with van der Waals surface area (Å²) in [6.07, 6.45) is -7.22. The second kappa shape index (κ2) is 21.9. The van der Waals surface area contributed by atoms with Crippen molar-refractivity contribution in [3.63, 3.8) is 0 Å². The molecular formula is C50H23BF20O2Se. The zero-order valence-corrected chi connectivity index (χ0v) is 38.0. The summed E-state index contributed by atoms with van der Waals surface area (Å²) in [6.45, 7) is 1.02. The topological polar surface area (TPSA) is 18.5 Å². The van der Waals surface area contributed by atoms with Crippen molar-refractivity contribution < 1.29 is 97.3 Å². The van der Waals surface area contributed by atoms with E-state index in [0.29, 0.717) is 13.2 Å². The van der Waals surface area contributed by atoms with Gasteiger partial charge in [0.25, 0.3) is 0 Å². The van der Waals surface area contributed by atoms with E-state index in [1.165, 1.54) is 13.4 Å². The van der Waals surface area contributed by atoms with Gasteiger partial charge in [-0.3, -0.25) is 0 Å². The van der Waals surface area contributed by atoms with Gasteiger partial charge >= 0.3 is 177 Å². The van der Waals surface area contributed by atoms with Gasteiger partial charge in [-0.2, -0.15) is 0 Å². The molecule has 0 heterocycles. The van der Waals surface area contributed by atoms with E-state index in [2.05, 4.69) is 78.9 Å². The maximum atomic E-state index is 15.4. The van der Waals surface area contributed by atoms with Crippen molar-refractivity contribution in [3.8, 4) is 11.5 Å². The maximum absolute atomic E-state index is 15.4. The number of benzene rings is 8. The molecule has 8 rings (SSSR count). The Kier molecular flexibility index (Phi) is 16.1. The van der Waals surface area contributed by atoms with Crippen LogP contribution in [-0.4, -0.2) is 33.3 Å². The van der Waals surface area contributed by atoms with E-state index in [9.17, 15) is 52.7 Å². The molecule has 0 aliphatic rings. The van der Waals surface area contributed by atoms with Crippen LogP contribution in [0, 0.1) is 116 Å². The molecular weight excluding hydrogens is 1100 g/mol. The molecule has 0 fully saturated rings. The van der Waals surface area contributed by atoms with Crippen molar-refractivity contribution in [3.05, 3.63) is 232 Å². The van der Waals surface area contributed by atoms with Gasteiger partial charge in [-0.1, -0.05) is 0 Å². The summed E-state index contributed by atoms with van der Waals surface area (Å²) >= 11 is -1.45. The van der Waals surface area contributed by atoms with Crippen LogP contribution < -0.4 is 44.7 Å². The van der Waals surface area contributed by atoms with Gasteiger partial charge < -0.3 is 0 Å². The summed E-state index contributed by atoms with van der Waals surface area (Å²) in [5, 5.41) is 0. The molecule has 0 aromatic heterocycles. The molecule has 0 N–H and O–H groups in total. The van der Waals surface area contributed by atoms with Crippen LogP contribution >= 0.6 is 0 Å². The fourth-order valence-electron chi connectivity index (χ4n) is 7.94. The molecule has 0 unspecified atom stereocenters. The Balaban J connectivity index is 0.000000237. The molecule has 8 aromatic carbocycles. The molecule has 24 heteroatoms. The summed E-state index contributed by atoms with van der Waals surface area (Å²) < 4.78 is 310. The third kappa shape index (κ3) is 9.40. The van der Waals surface area contributed by atoms with E-state index >= 15 is 35.1 Å². The summed E-state index contributed by atoms with van der Waals surface area (Å²) in [6, 6.07) is 39.8. The van der Waals surface area contributed by atoms with Gasteiger partial charge in [-0.25, -0.2) is 87.8 Å². The summed E-state index contributed by atoms with van der Waals surface area (Å²) in [5.41, 5.74) is -14.3. The number of halogens is 20. The number of ether oxygens (including phenoxy) is 2. The van der Waals surface area contributed by atoms with Gasteiger partial charge in [0, 0.05) is 0 Å². The average molecular weight is 1130 g/mol. The number of hydrogen-bond acceptors (Lipinski definition) is 2. The van der Waals surface area contributed by atoms with Crippen molar-refractivity contribution >= 4 is 55.3 Å². The van der Waals surface area contributed by atoms with Gasteiger partial charge in [0.05, 0.1) is 0 Å². The minimum absolute atomic E-state index is 0.508. The van der Waals surface area contributed by atoms with E-state index in [1.54, 1.807) is 0 Å². The van der Waals surface area contributed by atoms with E-state index < -0.39 is 158 Å². The molecule has 0 amide bonds. The van der Waals surface area contributed by atoms with Gasteiger partial charge in [-0.15, -0.1) is 21.9 Å². The van der Waals surface area contributed by atoms with Crippen molar-refractivity contribution in [2.45, 2.75) is 0 Å². The van der Waals surface area contributed by atoms with Crippen LogP contribution in [0.4, 0.5) is 87.8 Å². The van der Waals surface area contributed by atoms with Crippen LogP contribution in [-0.2, 0) is 0 Å².